The number of aromatic nitrogens is 2. The Morgan fingerprint density at radius 3 is 2.78 bits per heavy atom. The standard InChI is InChI=1S/C13H16N4O/c1-18-13-7-12(16-9-17-13)15-8-11(14)10-5-3-2-4-6-10/h2-7,9,11H,8,14H2,1H3,(H,15,16,17). The average molecular weight is 244 g/mol. The van der Waals surface area contributed by atoms with Crippen LogP contribution in [0, 0.1) is 0 Å². The molecule has 1 unspecified atom stereocenters. The summed E-state index contributed by atoms with van der Waals surface area (Å²) in [4.78, 5) is 8.03. The van der Waals surface area contributed by atoms with Crippen LogP contribution >= 0.6 is 0 Å². The van der Waals surface area contributed by atoms with E-state index in [1.807, 2.05) is 30.3 Å². The van der Waals surface area contributed by atoms with Crippen molar-refractivity contribution >= 4 is 5.82 Å². The summed E-state index contributed by atoms with van der Waals surface area (Å²) >= 11 is 0. The van der Waals surface area contributed by atoms with E-state index >= 15 is 0 Å². The van der Waals surface area contributed by atoms with Gasteiger partial charge >= 0.3 is 0 Å². The van der Waals surface area contributed by atoms with E-state index in [-0.39, 0.29) is 6.04 Å². The first kappa shape index (κ1) is 12.3. The van der Waals surface area contributed by atoms with Crippen LogP contribution in [0.4, 0.5) is 5.82 Å². The number of hydrogen-bond acceptors (Lipinski definition) is 5. The van der Waals surface area contributed by atoms with E-state index in [4.69, 9.17) is 10.5 Å². The van der Waals surface area contributed by atoms with E-state index < -0.39 is 0 Å². The molecule has 0 saturated carbocycles. The van der Waals surface area contributed by atoms with Gasteiger partial charge in [0.15, 0.2) is 0 Å². The van der Waals surface area contributed by atoms with E-state index in [2.05, 4.69) is 15.3 Å². The molecule has 0 aliphatic heterocycles. The quantitative estimate of drug-likeness (QED) is 0.835. The minimum absolute atomic E-state index is 0.0767. The zero-order chi connectivity index (χ0) is 12.8. The van der Waals surface area contributed by atoms with E-state index in [0.29, 0.717) is 18.2 Å². The summed E-state index contributed by atoms with van der Waals surface area (Å²) in [7, 11) is 1.57. The fraction of sp³-hybridized carbons (Fsp3) is 0.231. The lowest BCUT2D eigenvalue weighted by atomic mass is 10.1. The number of rotatable bonds is 5. The first-order chi connectivity index (χ1) is 8.79. The van der Waals surface area contributed by atoms with Crippen molar-refractivity contribution in [2.24, 2.45) is 5.73 Å². The Morgan fingerprint density at radius 1 is 1.28 bits per heavy atom. The summed E-state index contributed by atoms with van der Waals surface area (Å²) < 4.78 is 5.02. The third-order valence-corrected chi connectivity index (χ3v) is 2.58. The molecule has 2 aromatic rings. The third kappa shape index (κ3) is 3.18. The lowest BCUT2D eigenvalue weighted by molar-refractivity contribution is 0.397. The molecule has 0 amide bonds. The molecule has 0 radical (unpaired) electrons. The first-order valence-electron chi connectivity index (χ1n) is 5.70. The maximum absolute atomic E-state index is 6.08. The van der Waals surface area contributed by atoms with Gasteiger partial charge in [-0.3, -0.25) is 0 Å². The van der Waals surface area contributed by atoms with Crippen LogP contribution in [0.5, 0.6) is 5.88 Å². The monoisotopic (exact) mass is 244 g/mol. The van der Waals surface area contributed by atoms with Crippen LogP contribution in [0.25, 0.3) is 0 Å². The topological polar surface area (TPSA) is 73.1 Å². The molecule has 0 bridgehead atoms. The number of hydrogen-bond donors (Lipinski definition) is 2. The molecule has 0 spiro atoms. The highest BCUT2D eigenvalue weighted by molar-refractivity contribution is 5.37. The van der Waals surface area contributed by atoms with E-state index in [9.17, 15) is 0 Å². The second-order valence-electron chi connectivity index (χ2n) is 3.84. The molecule has 0 aliphatic carbocycles. The lowest BCUT2D eigenvalue weighted by Gasteiger charge is -2.13. The smallest absolute Gasteiger partial charge is 0.218 e. The molecule has 1 aromatic carbocycles. The van der Waals surface area contributed by atoms with Crippen molar-refractivity contribution in [3.8, 4) is 5.88 Å². The van der Waals surface area contributed by atoms with Gasteiger partial charge in [0.2, 0.25) is 5.88 Å². The zero-order valence-corrected chi connectivity index (χ0v) is 10.2. The maximum Gasteiger partial charge on any atom is 0.218 e. The molecule has 0 saturated heterocycles. The highest BCUT2D eigenvalue weighted by Gasteiger charge is 2.05. The highest BCUT2D eigenvalue weighted by Crippen LogP contribution is 2.13. The van der Waals surface area contributed by atoms with E-state index in [1.165, 1.54) is 6.33 Å². The number of benzene rings is 1. The van der Waals surface area contributed by atoms with Gasteiger partial charge in [-0.05, 0) is 5.56 Å². The number of anilines is 1. The van der Waals surface area contributed by atoms with Crippen LogP contribution in [0.3, 0.4) is 0 Å². The Kier molecular flexibility index (Phi) is 4.09. The van der Waals surface area contributed by atoms with E-state index in [1.54, 1.807) is 13.2 Å². The van der Waals surface area contributed by atoms with Crippen LogP contribution in [0.2, 0.25) is 0 Å². The average Bonchev–Trinajstić information content (AvgIpc) is 2.46. The molecule has 0 aliphatic rings. The Labute approximate surface area is 106 Å². The molecular formula is C13H16N4O. The molecule has 1 heterocycles. The first-order valence-corrected chi connectivity index (χ1v) is 5.70. The number of methoxy groups -OCH3 is 1. The predicted octanol–water partition coefficient (Wildman–Crippen LogP) is 1.60. The van der Waals surface area contributed by atoms with Gasteiger partial charge in [-0.2, -0.15) is 0 Å². The predicted molar refractivity (Wildman–Crippen MR) is 70.4 cm³/mol. The van der Waals surface area contributed by atoms with Gasteiger partial charge in [0.1, 0.15) is 12.1 Å². The third-order valence-electron chi connectivity index (χ3n) is 2.58. The molecule has 18 heavy (non-hydrogen) atoms. The number of nitrogens with two attached hydrogens (primary N) is 1. The second-order valence-corrected chi connectivity index (χ2v) is 3.84. The normalized spacial score (nSPS) is 11.9. The van der Waals surface area contributed by atoms with Crippen LogP contribution in [0.1, 0.15) is 11.6 Å². The molecule has 94 valence electrons. The minimum Gasteiger partial charge on any atom is -0.481 e. The molecular weight excluding hydrogens is 228 g/mol. The minimum atomic E-state index is -0.0767. The number of nitrogens with one attached hydrogen (secondary N) is 1. The Bertz CT molecular complexity index is 489. The van der Waals surface area contributed by atoms with Crippen molar-refractivity contribution in [3.63, 3.8) is 0 Å². The van der Waals surface area contributed by atoms with Crippen LogP contribution < -0.4 is 15.8 Å². The molecule has 5 heteroatoms. The summed E-state index contributed by atoms with van der Waals surface area (Å²) in [5, 5.41) is 3.16. The Hall–Kier alpha value is -2.14. The Balaban J connectivity index is 1.95. The fourth-order valence-corrected chi connectivity index (χ4v) is 1.58. The van der Waals surface area contributed by atoms with E-state index in [0.717, 1.165) is 5.56 Å². The summed E-state index contributed by atoms with van der Waals surface area (Å²) in [5.74, 6) is 1.23. The maximum atomic E-state index is 6.08. The zero-order valence-electron chi connectivity index (χ0n) is 10.2. The van der Waals surface area contributed by atoms with Crippen molar-refractivity contribution < 1.29 is 4.74 Å². The summed E-state index contributed by atoms with van der Waals surface area (Å²) in [6.07, 6.45) is 1.45. The summed E-state index contributed by atoms with van der Waals surface area (Å²) in [5.41, 5.74) is 7.17. The van der Waals surface area contributed by atoms with Crippen LogP contribution in [-0.4, -0.2) is 23.6 Å². The van der Waals surface area contributed by atoms with Crippen molar-refractivity contribution in [2.45, 2.75) is 6.04 Å². The van der Waals surface area contributed by atoms with Gasteiger partial charge in [0, 0.05) is 18.7 Å². The van der Waals surface area contributed by atoms with Gasteiger partial charge in [0.25, 0.3) is 0 Å². The van der Waals surface area contributed by atoms with Crippen molar-refractivity contribution in [1.82, 2.24) is 9.97 Å². The van der Waals surface area contributed by atoms with Gasteiger partial charge in [-0.1, -0.05) is 30.3 Å². The largest absolute Gasteiger partial charge is 0.481 e. The molecule has 1 atom stereocenters. The molecule has 0 fully saturated rings. The SMILES string of the molecule is COc1cc(NCC(N)c2ccccc2)ncn1. The number of nitrogens with zero attached hydrogens (tertiary/aromatic N) is 2. The van der Waals surface area contributed by atoms with Gasteiger partial charge in [-0.15, -0.1) is 0 Å². The summed E-state index contributed by atoms with van der Waals surface area (Å²) in [6, 6.07) is 11.6. The van der Waals surface area contributed by atoms with Crippen molar-refractivity contribution in [1.29, 1.82) is 0 Å². The van der Waals surface area contributed by atoms with Gasteiger partial charge in [0.05, 0.1) is 7.11 Å². The lowest BCUT2D eigenvalue weighted by Crippen LogP contribution is -2.20. The summed E-state index contributed by atoms with van der Waals surface area (Å²) in [6.45, 7) is 0.601. The number of ether oxygens (including phenoxy) is 1. The van der Waals surface area contributed by atoms with Gasteiger partial charge in [-0.25, -0.2) is 9.97 Å². The molecule has 1 aromatic heterocycles. The fourth-order valence-electron chi connectivity index (χ4n) is 1.58. The van der Waals surface area contributed by atoms with Gasteiger partial charge < -0.3 is 15.8 Å². The highest BCUT2D eigenvalue weighted by atomic mass is 16.5. The second kappa shape index (κ2) is 5.97. The van der Waals surface area contributed by atoms with Crippen LogP contribution in [-0.2, 0) is 0 Å². The van der Waals surface area contributed by atoms with Crippen LogP contribution in [0.15, 0.2) is 42.7 Å². The molecule has 2 rings (SSSR count). The van der Waals surface area contributed by atoms with Crippen molar-refractivity contribution in [3.05, 3.63) is 48.3 Å². The molecule has 3 N–H and O–H groups in total. The molecule has 5 nitrogen and oxygen atoms in total. The van der Waals surface area contributed by atoms with Crippen molar-refractivity contribution in [2.75, 3.05) is 19.0 Å². The Morgan fingerprint density at radius 2 is 2.06 bits per heavy atom.